The van der Waals surface area contributed by atoms with Gasteiger partial charge in [0.15, 0.2) is 0 Å². The van der Waals surface area contributed by atoms with Gasteiger partial charge in [0.2, 0.25) is 10.0 Å². The number of hydrogen-bond donors (Lipinski definition) is 2. The van der Waals surface area contributed by atoms with Crippen LogP contribution in [0.25, 0.3) is 0 Å². The minimum Gasteiger partial charge on any atom is -0.284 e. The molecule has 0 amide bonds. The first-order chi connectivity index (χ1) is 7.02. The summed E-state index contributed by atoms with van der Waals surface area (Å²) in [6.45, 7) is 2.62. The van der Waals surface area contributed by atoms with Crippen molar-refractivity contribution in [3.63, 3.8) is 0 Å². The minimum atomic E-state index is -3.37. The molecule has 84 valence electrons. The van der Waals surface area contributed by atoms with Crippen LogP contribution < -0.4 is 4.72 Å². The van der Waals surface area contributed by atoms with Gasteiger partial charge in [0.1, 0.15) is 4.90 Å². The Labute approximate surface area is 89.3 Å². The first-order valence-electron chi connectivity index (χ1n) is 5.00. The van der Waals surface area contributed by atoms with Gasteiger partial charge in [-0.2, -0.15) is 5.10 Å². The summed E-state index contributed by atoms with van der Waals surface area (Å²) in [5, 5.41) is 6.11. The molecule has 1 aliphatic rings. The summed E-state index contributed by atoms with van der Waals surface area (Å²) in [5.74, 6) is 0. The van der Waals surface area contributed by atoms with E-state index in [-0.39, 0.29) is 10.3 Å². The summed E-state index contributed by atoms with van der Waals surface area (Å²) in [5.41, 5.74) is 0.150. The summed E-state index contributed by atoms with van der Waals surface area (Å²) in [4.78, 5) is 0.199. The van der Waals surface area contributed by atoms with E-state index in [1.807, 2.05) is 0 Å². The van der Waals surface area contributed by atoms with Crippen molar-refractivity contribution in [2.75, 3.05) is 6.54 Å². The molecule has 2 N–H and O–H groups in total. The molecule has 1 aliphatic carbocycles. The van der Waals surface area contributed by atoms with Gasteiger partial charge in [-0.3, -0.25) is 5.10 Å². The second-order valence-electron chi connectivity index (χ2n) is 4.42. The smallest absolute Gasteiger partial charge is 0.243 e. The van der Waals surface area contributed by atoms with Crippen LogP contribution in [0, 0.1) is 5.41 Å². The molecule has 2 rings (SSSR count). The van der Waals surface area contributed by atoms with E-state index in [0.29, 0.717) is 6.54 Å². The van der Waals surface area contributed by atoms with Gasteiger partial charge in [0, 0.05) is 12.7 Å². The van der Waals surface area contributed by atoms with Crippen molar-refractivity contribution in [3.05, 3.63) is 12.4 Å². The van der Waals surface area contributed by atoms with Crippen LogP contribution in [0.3, 0.4) is 0 Å². The summed E-state index contributed by atoms with van der Waals surface area (Å²) in [7, 11) is -3.37. The van der Waals surface area contributed by atoms with Crippen molar-refractivity contribution in [1.82, 2.24) is 14.9 Å². The lowest BCUT2D eigenvalue weighted by atomic mass is 9.71. The first-order valence-corrected chi connectivity index (χ1v) is 6.49. The average molecular weight is 229 g/mol. The number of hydrogen-bond acceptors (Lipinski definition) is 3. The Balaban J connectivity index is 2.00. The topological polar surface area (TPSA) is 74.8 Å². The van der Waals surface area contributed by atoms with Crippen molar-refractivity contribution in [1.29, 1.82) is 0 Å². The van der Waals surface area contributed by atoms with E-state index in [0.717, 1.165) is 12.8 Å². The van der Waals surface area contributed by atoms with E-state index in [2.05, 4.69) is 21.8 Å². The van der Waals surface area contributed by atoms with Gasteiger partial charge in [-0.15, -0.1) is 0 Å². The van der Waals surface area contributed by atoms with Crippen molar-refractivity contribution < 1.29 is 8.42 Å². The summed E-state index contributed by atoms with van der Waals surface area (Å²) < 4.78 is 26.0. The summed E-state index contributed by atoms with van der Waals surface area (Å²) >= 11 is 0. The normalized spacial score (nSPS) is 19.8. The molecular weight excluding hydrogens is 214 g/mol. The molecule has 6 heteroatoms. The zero-order valence-electron chi connectivity index (χ0n) is 8.66. The van der Waals surface area contributed by atoms with Crippen LogP contribution in [0.1, 0.15) is 26.2 Å². The minimum absolute atomic E-state index is 0.150. The van der Waals surface area contributed by atoms with Crippen LogP contribution in [0.15, 0.2) is 17.3 Å². The molecule has 0 aliphatic heterocycles. The molecule has 0 unspecified atom stereocenters. The zero-order chi connectivity index (χ0) is 10.9. The Morgan fingerprint density at radius 1 is 1.60 bits per heavy atom. The van der Waals surface area contributed by atoms with E-state index in [1.54, 1.807) is 0 Å². The highest BCUT2D eigenvalue weighted by Crippen LogP contribution is 2.39. The summed E-state index contributed by atoms with van der Waals surface area (Å²) in [6.07, 6.45) is 6.09. The van der Waals surface area contributed by atoms with Crippen molar-refractivity contribution in [2.24, 2.45) is 5.41 Å². The van der Waals surface area contributed by atoms with E-state index < -0.39 is 10.0 Å². The highest BCUT2D eigenvalue weighted by Gasteiger charge is 2.33. The van der Waals surface area contributed by atoms with Crippen LogP contribution in [0.4, 0.5) is 0 Å². The largest absolute Gasteiger partial charge is 0.284 e. The third-order valence-corrected chi connectivity index (χ3v) is 4.40. The number of nitrogens with one attached hydrogen (secondary N) is 2. The molecule has 0 saturated heterocycles. The van der Waals surface area contributed by atoms with Gasteiger partial charge in [-0.05, 0) is 18.3 Å². The first kappa shape index (κ1) is 10.6. The third kappa shape index (κ3) is 2.21. The van der Waals surface area contributed by atoms with Crippen LogP contribution in [-0.4, -0.2) is 25.2 Å². The zero-order valence-corrected chi connectivity index (χ0v) is 9.47. The number of rotatable bonds is 4. The number of aromatic nitrogens is 2. The molecular formula is C9H15N3O2S. The van der Waals surface area contributed by atoms with E-state index >= 15 is 0 Å². The standard InChI is InChI=1S/C9H15N3O2S/c1-9(3-2-4-9)7-12-15(13,14)8-5-10-11-6-8/h5-6,12H,2-4,7H2,1H3,(H,10,11). The Kier molecular flexibility index (Phi) is 2.56. The average Bonchev–Trinajstić information content (AvgIpc) is 2.65. The van der Waals surface area contributed by atoms with Gasteiger partial charge in [-0.1, -0.05) is 13.3 Å². The maximum atomic E-state index is 11.7. The predicted octanol–water partition coefficient (Wildman–Crippen LogP) is 0.878. The SMILES string of the molecule is CC1(CNS(=O)(=O)c2cn[nH]c2)CCC1. The van der Waals surface area contributed by atoms with Crippen LogP contribution in [-0.2, 0) is 10.0 Å². The maximum absolute atomic E-state index is 11.7. The number of sulfonamides is 1. The number of nitrogens with zero attached hydrogens (tertiary/aromatic N) is 1. The molecule has 1 fully saturated rings. The Hall–Kier alpha value is -0.880. The molecule has 15 heavy (non-hydrogen) atoms. The second-order valence-corrected chi connectivity index (χ2v) is 6.19. The van der Waals surface area contributed by atoms with Gasteiger partial charge >= 0.3 is 0 Å². The highest BCUT2D eigenvalue weighted by molar-refractivity contribution is 7.89. The molecule has 1 heterocycles. The van der Waals surface area contributed by atoms with Crippen LogP contribution in [0.5, 0.6) is 0 Å². The fraction of sp³-hybridized carbons (Fsp3) is 0.667. The van der Waals surface area contributed by atoms with Crippen LogP contribution in [0.2, 0.25) is 0 Å². The number of aromatic amines is 1. The van der Waals surface area contributed by atoms with Gasteiger partial charge in [-0.25, -0.2) is 13.1 Å². The predicted molar refractivity (Wildman–Crippen MR) is 55.7 cm³/mol. The van der Waals surface area contributed by atoms with E-state index in [4.69, 9.17) is 0 Å². The molecule has 1 aromatic rings. The quantitative estimate of drug-likeness (QED) is 0.804. The fourth-order valence-electron chi connectivity index (χ4n) is 1.70. The Morgan fingerprint density at radius 3 is 2.80 bits per heavy atom. The molecule has 5 nitrogen and oxygen atoms in total. The Bertz CT molecular complexity index is 420. The van der Waals surface area contributed by atoms with Crippen molar-refractivity contribution in [3.8, 4) is 0 Å². The van der Waals surface area contributed by atoms with E-state index in [1.165, 1.54) is 18.8 Å². The molecule has 1 saturated carbocycles. The molecule has 0 aromatic carbocycles. The molecule has 1 aromatic heterocycles. The van der Waals surface area contributed by atoms with Gasteiger partial charge in [0.25, 0.3) is 0 Å². The molecule has 0 atom stereocenters. The monoisotopic (exact) mass is 229 g/mol. The number of H-pyrrole nitrogens is 1. The molecule has 0 radical (unpaired) electrons. The van der Waals surface area contributed by atoms with Crippen molar-refractivity contribution >= 4 is 10.0 Å². The van der Waals surface area contributed by atoms with Crippen LogP contribution >= 0.6 is 0 Å². The van der Waals surface area contributed by atoms with Gasteiger partial charge < -0.3 is 0 Å². The van der Waals surface area contributed by atoms with Gasteiger partial charge in [0.05, 0.1) is 6.20 Å². The summed E-state index contributed by atoms with van der Waals surface area (Å²) in [6, 6.07) is 0. The highest BCUT2D eigenvalue weighted by atomic mass is 32.2. The van der Waals surface area contributed by atoms with Crippen molar-refractivity contribution in [2.45, 2.75) is 31.1 Å². The van der Waals surface area contributed by atoms with E-state index in [9.17, 15) is 8.42 Å². The second kappa shape index (κ2) is 3.61. The lowest BCUT2D eigenvalue weighted by Gasteiger charge is -2.38. The molecule has 0 spiro atoms. The maximum Gasteiger partial charge on any atom is 0.243 e. The lowest BCUT2D eigenvalue weighted by Crippen LogP contribution is -2.39. The molecule has 0 bridgehead atoms. The lowest BCUT2D eigenvalue weighted by molar-refractivity contribution is 0.166. The Morgan fingerprint density at radius 2 is 2.33 bits per heavy atom. The third-order valence-electron chi connectivity index (χ3n) is 3.03. The fourth-order valence-corrected chi connectivity index (χ4v) is 2.80.